The number of piperidine rings is 1. The van der Waals surface area contributed by atoms with Crippen LogP contribution in [0.5, 0.6) is 0 Å². The molecule has 14 heavy (non-hydrogen) atoms. The number of carboxylic acid groups (broad SMARTS) is 1. The maximum absolute atomic E-state index is 11.4. The van der Waals surface area contributed by atoms with E-state index in [9.17, 15) is 9.59 Å². The van der Waals surface area contributed by atoms with Crippen LogP contribution in [0.25, 0.3) is 0 Å². The van der Waals surface area contributed by atoms with Gasteiger partial charge in [-0.2, -0.15) is 0 Å². The SMILES string of the molecule is C=C1CCN(C(=O)CCC(=O)O)CC1. The number of aliphatic carboxylic acids is 1. The maximum Gasteiger partial charge on any atom is 0.303 e. The Labute approximate surface area is 83.2 Å². The molecule has 0 bridgehead atoms. The molecule has 0 aromatic carbocycles. The fraction of sp³-hybridized carbons (Fsp3) is 0.600. The number of carbonyl (C=O) groups is 2. The molecule has 0 atom stereocenters. The monoisotopic (exact) mass is 197 g/mol. The molecule has 1 fully saturated rings. The summed E-state index contributed by atoms with van der Waals surface area (Å²) in [5.74, 6) is -0.973. The van der Waals surface area contributed by atoms with Crippen molar-refractivity contribution >= 4 is 11.9 Å². The van der Waals surface area contributed by atoms with Crippen molar-refractivity contribution in [1.29, 1.82) is 0 Å². The third-order valence-corrected chi connectivity index (χ3v) is 2.38. The summed E-state index contributed by atoms with van der Waals surface area (Å²) in [5.41, 5.74) is 1.17. The Balaban J connectivity index is 2.30. The van der Waals surface area contributed by atoms with Crippen LogP contribution in [0, 0.1) is 0 Å². The van der Waals surface area contributed by atoms with E-state index in [2.05, 4.69) is 6.58 Å². The van der Waals surface area contributed by atoms with E-state index >= 15 is 0 Å². The molecule has 1 rings (SSSR count). The summed E-state index contributed by atoms with van der Waals surface area (Å²) >= 11 is 0. The van der Waals surface area contributed by atoms with Gasteiger partial charge in [0.25, 0.3) is 0 Å². The maximum atomic E-state index is 11.4. The van der Waals surface area contributed by atoms with E-state index in [1.54, 1.807) is 4.90 Å². The molecule has 1 saturated heterocycles. The van der Waals surface area contributed by atoms with Crippen LogP contribution in [-0.4, -0.2) is 35.0 Å². The standard InChI is InChI=1S/C10H15NO3/c1-8-4-6-11(7-5-8)9(12)2-3-10(13)14/h1-7H2,(H,13,14). The summed E-state index contributed by atoms with van der Waals surface area (Å²) in [7, 11) is 0. The molecule has 1 heterocycles. The summed E-state index contributed by atoms with van der Waals surface area (Å²) in [6.45, 7) is 5.23. The second-order valence-electron chi connectivity index (χ2n) is 3.52. The smallest absolute Gasteiger partial charge is 0.303 e. The van der Waals surface area contributed by atoms with Crippen LogP contribution in [-0.2, 0) is 9.59 Å². The van der Waals surface area contributed by atoms with Gasteiger partial charge in [-0.05, 0) is 12.8 Å². The normalized spacial score (nSPS) is 16.9. The van der Waals surface area contributed by atoms with Crippen LogP contribution < -0.4 is 0 Å². The molecule has 78 valence electrons. The van der Waals surface area contributed by atoms with Gasteiger partial charge in [0.1, 0.15) is 0 Å². The summed E-state index contributed by atoms with van der Waals surface area (Å²) in [6.07, 6.45) is 1.73. The Kier molecular flexibility index (Phi) is 3.68. The van der Waals surface area contributed by atoms with Gasteiger partial charge < -0.3 is 10.0 Å². The van der Waals surface area contributed by atoms with Gasteiger partial charge in [0.15, 0.2) is 0 Å². The Bertz CT molecular complexity index is 250. The third-order valence-electron chi connectivity index (χ3n) is 2.38. The fourth-order valence-electron chi connectivity index (χ4n) is 1.44. The van der Waals surface area contributed by atoms with Crippen molar-refractivity contribution in [3.8, 4) is 0 Å². The fourth-order valence-corrected chi connectivity index (χ4v) is 1.44. The van der Waals surface area contributed by atoms with E-state index < -0.39 is 5.97 Å². The average molecular weight is 197 g/mol. The second kappa shape index (κ2) is 4.79. The minimum absolute atomic E-state index is 0.0556. The van der Waals surface area contributed by atoms with Crippen molar-refractivity contribution in [2.75, 3.05) is 13.1 Å². The van der Waals surface area contributed by atoms with Gasteiger partial charge in [0.2, 0.25) is 5.91 Å². The molecule has 0 aliphatic carbocycles. The third kappa shape index (κ3) is 3.20. The molecule has 1 aliphatic rings. The van der Waals surface area contributed by atoms with Crippen LogP contribution in [0.4, 0.5) is 0 Å². The number of likely N-dealkylation sites (tertiary alicyclic amines) is 1. The molecule has 1 N–H and O–H groups in total. The molecule has 0 aromatic rings. The second-order valence-corrected chi connectivity index (χ2v) is 3.52. The largest absolute Gasteiger partial charge is 0.481 e. The first-order chi connectivity index (χ1) is 6.59. The van der Waals surface area contributed by atoms with E-state index in [4.69, 9.17) is 5.11 Å². The number of carboxylic acids is 1. The average Bonchev–Trinajstić information content (AvgIpc) is 2.15. The topological polar surface area (TPSA) is 57.6 Å². The Morgan fingerprint density at radius 1 is 1.29 bits per heavy atom. The number of amides is 1. The zero-order valence-corrected chi connectivity index (χ0v) is 8.16. The summed E-state index contributed by atoms with van der Waals surface area (Å²) in [6, 6.07) is 0. The van der Waals surface area contributed by atoms with Crippen molar-refractivity contribution < 1.29 is 14.7 Å². The van der Waals surface area contributed by atoms with Gasteiger partial charge in [-0.1, -0.05) is 12.2 Å². The van der Waals surface area contributed by atoms with Gasteiger partial charge in [0, 0.05) is 19.5 Å². The van der Waals surface area contributed by atoms with E-state index in [-0.39, 0.29) is 18.7 Å². The molecular weight excluding hydrogens is 182 g/mol. The van der Waals surface area contributed by atoms with Crippen LogP contribution in [0.3, 0.4) is 0 Å². The van der Waals surface area contributed by atoms with E-state index in [1.807, 2.05) is 0 Å². The first kappa shape index (κ1) is 10.8. The Morgan fingerprint density at radius 2 is 1.86 bits per heavy atom. The van der Waals surface area contributed by atoms with Gasteiger partial charge in [-0.25, -0.2) is 0 Å². The van der Waals surface area contributed by atoms with Crippen molar-refractivity contribution in [3.05, 3.63) is 12.2 Å². The van der Waals surface area contributed by atoms with Gasteiger partial charge >= 0.3 is 5.97 Å². The van der Waals surface area contributed by atoms with Gasteiger partial charge in [-0.3, -0.25) is 9.59 Å². The number of nitrogens with zero attached hydrogens (tertiary/aromatic N) is 1. The minimum atomic E-state index is -0.917. The highest BCUT2D eigenvalue weighted by Gasteiger charge is 2.18. The summed E-state index contributed by atoms with van der Waals surface area (Å²) < 4.78 is 0. The highest BCUT2D eigenvalue weighted by Crippen LogP contribution is 2.14. The molecule has 0 saturated carbocycles. The summed E-state index contributed by atoms with van der Waals surface area (Å²) in [5, 5.41) is 8.42. The van der Waals surface area contributed by atoms with Crippen LogP contribution in [0.15, 0.2) is 12.2 Å². The van der Waals surface area contributed by atoms with E-state index in [1.165, 1.54) is 5.57 Å². The summed E-state index contributed by atoms with van der Waals surface area (Å²) in [4.78, 5) is 23.4. The zero-order chi connectivity index (χ0) is 10.6. The van der Waals surface area contributed by atoms with Crippen molar-refractivity contribution in [1.82, 2.24) is 4.90 Å². The number of hydrogen-bond donors (Lipinski definition) is 1. The molecule has 1 aliphatic heterocycles. The van der Waals surface area contributed by atoms with Crippen LogP contribution >= 0.6 is 0 Å². The predicted molar refractivity (Wildman–Crippen MR) is 51.8 cm³/mol. The first-order valence-corrected chi connectivity index (χ1v) is 4.76. The highest BCUT2D eigenvalue weighted by molar-refractivity contribution is 5.80. The van der Waals surface area contributed by atoms with Crippen molar-refractivity contribution in [2.24, 2.45) is 0 Å². The molecular formula is C10H15NO3. The molecule has 1 amide bonds. The van der Waals surface area contributed by atoms with Crippen molar-refractivity contribution in [3.63, 3.8) is 0 Å². The molecule has 4 nitrogen and oxygen atoms in total. The van der Waals surface area contributed by atoms with Gasteiger partial charge in [-0.15, -0.1) is 0 Å². The number of hydrogen-bond acceptors (Lipinski definition) is 2. The lowest BCUT2D eigenvalue weighted by molar-refractivity contribution is -0.141. The first-order valence-electron chi connectivity index (χ1n) is 4.76. The van der Waals surface area contributed by atoms with Crippen LogP contribution in [0.1, 0.15) is 25.7 Å². The van der Waals surface area contributed by atoms with Crippen molar-refractivity contribution in [2.45, 2.75) is 25.7 Å². The Hall–Kier alpha value is -1.32. The number of carbonyl (C=O) groups excluding carboxylic acids is 1. The molecule has 0 unspecified atom stereocenters. The Morgan fingerprint density at radius 3 is 2.36 bits per heavy atom. The van der Waals surface area contributed by atoms with Gasteiger partial charge in [0.05, 0.1) is 6.42 Å². The lowest BCUT2D eigenvalue weighted by Crippen LogP contribution is -2.36. The molecule has 0 radical (unpaired) electrons. The highest BCUT2D eigenvalue weighted by atomic mass is 16.4. The molecule has 0 aromatic heterocycles. The number of rotatable bonds is 3. The minimum Gasteiger partial charge on any atom is -0.481 e. The lowest BCUT2D eigenvalue weighted by atomic mass is 10.1. The zero-order valence-electron chi connectivity index (χ0n) is 8.16. The molecule has 4 heteroatoms. The molecule has 0 spiro atoms. The van der Waals surface area contributed by atoms with E-state index in [0.717, 1.165) is 12.8 Å². The predicted octanol–water partition coefficient (Wildman–Crippen LogP) is 1.03. The van der Waals surface area contributed by atoms with E-state index in [0.29, 0.717) is 13.1 Å². The lowest BCUT2D eigenvalue weighted by Gasteiger charge is -2.27. The quantitative estimate of drug-likeness (QED) is 0.687. The van der Waals surface area contributed by atoms with Crippen LogP contribution in [0.2, 0.25) is 0 Å².